The second-order valence-electron chi connectivity index (χ2n) is 7.20. The second-order valence-corrected chi connectivity index (χ2v) is 8.21. The van der Waals surface area contributed by atoms with Gasteiger partial charge in [-0.15, -0.1) is 12.4 Å². The van der Waals surface area contributed by atoms with E-state index in [1.165, 1.54) is 29.5 Å². The number of hydrogen-bond donors (Lipinski definition) is 0. The van der Waals surface area contributed by atoms with Crippen molar-refractivity contribution in [2.24, 2.45) is 0 Å². The Balaban J connectivity index is 0.00000259. The molecule has 0 unspecified atom stereocenters. The zero-order valence-electron chi connectivity index (χ0n) is 17.4. The zero-order valence-corrected chi connectivity index (χ0v) is 19.0. The Morgan fingerprint density at radius 3 is 2.94 bits per heavy atom. The number of rotatable bonds is 7. The van der Waals surface area contributed by atoms with E-state index in [4.69, 9.17) is 9.47 Å². The molecule has 0 atom stereocenters. The Bertz CT molecular complexity index is 1290. The summed E-state index contributed by atoms with van der Waals surface area (Å²) in [5, 5.41) is 0.538. The van der Waals surface area contributed by atoms with Crippen molar-refractivity contribution < 1.29 is 18.7 Å². The Morgan fingerprint density at radius 2 is 2.09 bits per heavy atom. The molecule has 4 aromatic rings. The van der Waals surface area contributed by atoms with Crippen molar-refractivity contribution in [3.05, 3.63) is 72.6 Å². The minimum absolute atomic E-state index is 0. The molecule has 0 saturated carbocycles. The molecule has 2 aromatic carbocycles. The first kappa shape index (κ1) is 22.8. The van der Waals surface area contributed by atoms with Gasteiger partial charge in [-0.2, -0.15) is 0 Å². The van der Waals surface area contributed by atoms with E-state index in [1.54, 1.807) is 29.6 Å². The first-order chi connectivity index (χ1) is 15.7. The van der Waals surface area contributed by atoms with Crippen LogP contribution >= 0.6 is 23.7 Å². The monoisotopic (exact) mass is 486 g/mol. The summed E-state index contributed by atoms with van der Waals surface area (Å²) in [5.41, 5.74) is 1.49. The molecule has 1 aliphatic heterocycles. The molecule has 33 heavy (non-hydrogen) atoms. The van der Waals surface area contributed by atoms with Gasteiger partial charge in [-0.25, -0.2) is 14.4 Å². The average molecular weight is 487 g/mol. The summed E-state index contributed by atoms with van der Waals surface area (Å²) < 4.78 is 27.0. The van der Waals surface area contributed by atoms with E-state index in [9.17, 15) is 9.18 Å². The van der Waals surface area contributed by atoms with Crippen LogP contribution in [0.2, 0.25) is 0 Å². The van der Waals surface area contributed by atoms with E-state index in [0.717, 1.165) is 12.1 Å². The van der Waals surface area contributed by atoms with Crippen LogP contribution in [0.3, 0.4) is 0 Å². The van der Waals surface area contributed by atoms with Crippen molar-refractivity contribution in [1.29, 1.82) is 0 Å². The fraction of sp³-hybridized carbons (Fsp3) is 0.174. The fourth-order valence-corrected chi connectivity index (χ4v) is 4.43. The van der Waals surface area contributed by atoms with Gasteiger partial charge in [0.25, 0.3) is 5.91 Å². The molecule has 170 valence electrons. The zero-order chi connectivity index (χ0) is 21.9. The second kappa shape index (κ2) is 10.0. The minimum atomic E-state index is -0.326. The van der Waals surface area contributed by atoms with Crippen molar-refractivity contribution in [3.63, 3.8) is 0 Å². The van der Waals surface area contributed by atoms with E-state index in [-0.39, 0.29) is 30.9 Å². The van der Waals surface area contributed by atoms with Gasteiger partial charge in [0, 0.05) is 31.6 Å². The van der Waals surface area contributed by atoms with Gasteiger partial charge < -0.3 is 14.0 Å². The summed E-state index contributed by atoms with van der Waals surface area (Å²) in [5.74, 6) is 0.822. The van der Waals surface area contributed by atoms with E-state index >= 15 is 0 Å². The number of thiazole rings is 1. The lowest BCUT2D eigenvalue weighted by Crippen LogP contribution is -2.30. The number of nitrogens with zero attached hydrogens (tertiary/aromatic N) is 4. The quantitative estimate of drug-likeness (QED) is 0.347. The van der Waals surface area contributed by atoms with Crippen molar-refractivity contribution >= 4 is 51.1 Å². The van der Waals surface area contributed by atoms with Gasteiger partial charge in [0.15, 0.2) is 16.6 Å². The number of amides is 1. The van der Waals surface area contributed by atoms with E-state index in [0.29, 0.717) is 39.8 Å². The predicted octanol–water partition coefficient (Wildman–Crippen LogP) is 4.92. The average Bonchev–Trinajstić information content (AvgIpc) is 3.55. The van der Waals surface area contributed by atoms with Crippen LogP contribution in [0.4, 0.5) is 9.52 Å². The molecule has 0 aliphatic carbocycles. The van der Waals surface area contributed by atoms with Crippen LogP contribution in [0.5, 0.6) is 11.5 Å². The number of imidazole rings is 1. The molecule has 0 fully saturated rings. The minimum Gasteiger partial charge on any atom is -0.454 e. The molecule has 0 saturated heterocycles. The van der Waals surface area contributed by atoms with Crippen molar-refractivity contribution in [2.45, 2.75) is 13.0 Å². The summed E-state index contributed by atoms with van der Waals surface area (Å²) in [4.78, 5) is 23.4. The summed E-state index contributed by atoms with van der Waals surface area (Å²) in [6.45, 7) is 1.38. The van der Waals surface area contributed by atoms with Gasteiger partial charge in [0.05, 0.1) is 16.5 Å². The van der Waals surface area contributed by atoms with Crippen LogP contribution in [0, 0.1) is 5.82 Å². The van der Waals surface area contributed by atoms with Crippen molar-refractivity contribution in [1.82, 2.24) is 14.5 Å². The Hall–Kier alpha value is -3.43. The maximum atomic E-state index is 13.6. The predicted molar refractivity (Wildman–Crippen MR) is 128 cm³/mol. The molecule has 3 heterocycles. The summed E-state index contributed by atoms with van der Waals surface area (Å²) >= 11 is 1.30. The smallest absolute Gasteiger partial charge is 0.252 e. The first-order valence-corrected chi connectivity index (χ1v) is 10.9. The molecule has 0 spiro atoms. The Kier molecular flexibility index (Phi) is 6.90. The Morgan fingerprint density at radius 1 is 1.21 bits per heavy atom. The van der Waals surface area contributed by atoms with E-state index < -0.39 is 0 Å². The molecule has 7 nitrogen and oxygen atoms in total. The Labute approximate surface area is 199 Å². The van der Waals surface area contributed by atoms with Crippen molar-refractivity contribution in [2.75, 3.05) is 18.2 Å². The molecule has 2 aromatic heterocycles. The van der Waals surface area contributed by atoms with E-state index in [1.807, 2.05) is 29.0 Å². The third-order valence-electron chi connectivity index (χ3n) is 5.01. The maximum absolute atomic E-state index is 13.6. The molecule has 1 aliphatic rings. The lowest BCUT2D eigenvalue weighted by atomic mass is 10.2. The van der Waals surface area contributed by atoms with Gasteiger partial charge >= 0.3 is 0 Å². The number of hydrogen-bond acceptors (Lipinski definition) is 6. The number of ether oxygens (including phenoxy) is 2. The SMILES string of the molecule is Cl.O=C(/C=C/c1ccc2c(c1)OCO2)N(CCCn1ccnc1)c1nc2ccc(F)cc2s1. The standard InChI is InChI=1S/C23H19FN4O3S.ClH/c24-17-4-5-18-21(13-17)32-23(26-18)28(10-1-9-27-11-8-25-14-27)22(29)7-3-16-2-6-19-20(12-16)31-15-30-19;/h2-8,11-14H,1,9-10,15H2;1H/b7-3+;. The third kappa shape index (κ3) is 5.15. The van der Waals surface area contributed by atoms with Gasteiger partial charge in [0.1, 0.15) is 5.82 Å². The molecule has 5 rings (SSSR count). The number of carbonyl (C=O) groups is 1. The van der Waals surface area contributed by atoms with Crippen LogP contribution in [-0.2, 0) is 11.3 Å². The number of aromatic nitrogens is 3. The van der Waals surface area contributed by atoms with Crippen LogP contribution in [0.25, 0.3) is 16.3 Å². The molecule has 1 amide bonds. The van der Waals surface area contributed by atoms with Crippen LogP contribution in [0.15, 0.2) is 61.2 Å². The number of benzene rings is 2. The molecule has 0 bridgehead atoms. The highest BCUT2D eigenvalue weighted by Crippen LogP contribution is 2.33. The van der Waals surface area contributed by atoms with Crippen LogP contribution in [0.1, 0.15) is 12.0 Å². The number of halogens is 2. The molecular formula is C23H20ClFN4O3S. The van der Waals surface area contributed by atoms with Crippen molar-refractivity contribution in [3.8, 4) is 11.5 Å². The lowest BCUT2D eigenvalue weighted by molar-refractivity contribution is -0.114. The van der Waals surface area contributed by atoms with E-state index in [2.05, 4.69) is 9.97 Å². The van der Waals surface area contributed by atoms with Gasteiger partial charge in [-0.3, -0.25) is 9.69 Å². The molecule has 10 heteroatoms. The molecule has 0 N–H and O–H groups in total. The molecular weight excluding hydrogens is 467 g/mol. The summed E-state index contributed by atoms with van der Waals surface area (Å²) in [6, 6.07) is 9.94. The topological polar surface area (TPSA) is 69.5 Å². The van der Waals surface area contributed by atoms with Crippen LogP contribution < -0.4 is 14.4 Å². The normalized spacial score (nSPS) is 12.3. The van der Waals surface area contributed by atoms with Gasteiger partial charge in [-0.05, 0) is 48.4 Å². The molecule has 0 radical (unpaired) electrons. The third-order valence-corrected chi connectivity index (χ3v) is 6.05. The number of aryl methyl sites for hydroxylation is 1. The van der Waals surface area contributed by atoms with Gasteiger partial charge in [0.2, 0.25) is 6.79 Å². The highest BCUT2D eigenvalue weighted by Gasteiger charge is 2.18. The van der Waals surface area contributed by atoms with Gasteiger partial charge in [-0.1, -0.05) is 17.4 Å². The number of fused-ring (bicyclic) bond motifs is 2. The first-order valence-electron chi connectivity index (χ1n) is 10.1. The highest BCUT2D eigenvalue weighted by molar-refractivity contribution is 7.22. The number of carbonyl (C=O) groups excluding carboxylic acids is 1. The maximum Gasteiger partial charge on any atom is 0.252 e. The lowest BCUT2D eigenvalue weighted by Gasteiger charge is -2.18. The summed E-state index contributed by atoms with van der Waals surface area (Å²) in [6.07, 6.45) is 9.31. The largest absolute Gasteiger partial charge is 0.454 e. The number of anilines is 1. The highest BCUT2D eigenvalue weighted by atomic mass is 35.5. The summed E-state index contributed by atoms with van der Waals surface area (Å²) in [7, 11) is 0. The fourth-order valence-electron chi connectivity index (χ4n) is 3.41. The van der Waals surface area contributed by atoms with Crippen LogP contribution in [-0.4, -0.2) is 33.8 Å².